The molecule has 0 amide bonds. The molecule has 0 N–H and O–H groups in total. The van der Waals surface area contributed by atoms with Gasteiger partial charge >= 0.3 is 0 Å². The molecule has 4 nitrogen and oxygen atoms in total. The van der Waals surface area contributed by atoms with Gasteiger partial charge in [-0.1, -0.05) is 26.0 Å². The largest absolute Gasteiger partial charge is 0.381 e. The summed E-state index contributed by atoms with van der Waals surface area (Å²) in [6.45, 7) is 9.97. The van der Waals surface area contributed by atoms with Crippen molar-refractivity contribution in [3.05, 3.63) is 65.4 Å². The van der Waals surface area contributed by atoms with Gasteiger partial charge in [0.15, 0.2) is 5.65 Å². The molecule has 29 heavy (non-hydrogen) atoms. The van der Waals surface area contributed by atoms with Gasteiger partial charge in [0.2, 0.25) is 0 Å². The summed E-state index contributed by atoms with van der Waals surface area (Å²) in [6.07, 6.45) is 4.46. The Bertz CT molecular complexity index is 1030. The van der Waals surface area contributed by atoms with Crippen LogP contribution in [0.2, 0.25) is 0 Å². The molecule has 0 atom stereocenters. The molecule has 0 radical (unpaired) electrons. The molecule has 0 unspecified atom stereocenters. The lowest BCUT2D eigenvalue weighted by Gasteiger charge is -2.25. The number of fused-ring (bicyclic) bond motifs is 1. The Morgan fingerprint density at radius 3 is 2.76 bits per heavy atom. The molecule has 0 spiro atoms. The summed E-state index contributed by atoms with van der Waals surface area (Å²) < 4.78 is 21.6. The van der Waals surface area contributed by atoms with E-state index in [-0.39, 0.29) is 5.82 Å². The van der Waals surface area contributed by atoms with E-state index in [1.54, 1.807) is 6.07 Å². The lowest BCUT2D eigenvalue weighted by atomic mass is 10.0. The van der Waals surface area contributed by atoms with Crippen molar-refractivity contribution in [1.29, 1.82) is 0 Å². The first-order valence-corrected chi connectivity index (χ1v) is 10.5. The number of ether oxygens (including phenoxy) is 1. The summed E-state index contributed by atoms with van der Waals surface area (Å²) in [7, 11) is 0. The fourth-order valence-electron chi connectivity index (χ4n) is 4.09. The molecule has 5 heteroatoms. The quantitative estimate of drug-likeness (QED) is 0.544. The molecule has 0 aliphatic carbocycles. The lowest BCUT2D eigenvalue weighted by Crippen LogP contribution is -2.21. The van der Waals surface area contributed by atoms with Crippen molar-refractivity contribution in [2.45, 2.75) is 52.0 Å². The summed E-state index contributed by atoms with van der Waals surface area (Å²) in [5, 5.41) is 0. The Morgan fingerprint density at radius 1 is 1.21 bits per heavy atom. The molecule has 1 saturated heterocycles. The second-order valence-corrected chi connectivity index (χ2v) is 7.90. The maximum atomic E-state index is 13.7. The molecule has 2 aromatic heterocycles. The van der Waals surface area contributed by atoms with Crippen LogP contribution < -0.4 is 0 Å². The van der Waals surface area contributed by atoms with E-state index >= 15 is 0 Å². The second-order valence-electron chi connectivity index (χ2n) is 7.90. The average molecular weight is 394 g/mol. The van der Waals surface area contributed by atoms with Crippen molar-refractivity contribution in [3.63, 3.8) is 0 Å². The van der Waals surface area contributed by atoms with Crippen LogP contribution in [0.5, 0.6) is 0 Å². The highest BCUT2D eigenvalue weighted by atomic mass is 19.1. The molecule has 1 fully saturated rings. The maximum absolute atomic E-state index is 13.7. The number of hydrogen-bond acceptors (Lipinski definition) is 3. The zero-order valence-corrected chi connectivity index (χ0v) is 17.2. The van der Waals surface area contributed by atoms with Gasteiger partial charge in [-0.15, -0.1) is 0 Å². The van der Waals surface area contributed by atoms with Gasteiger partial charge < -0.3 is 9.30 Å². The summed E-state index contributed by atoms with van der Waals surface area (Å²) in [4.78, 5) is 9.86. The Labute approximate surface area is 171 Å². The van der Waals surface area contributed by atoms with E-state index in [1.807, 2.05) is 25.1 Å². The number of imidazole rings is 1. The highest BCUT2D eigenvalue weighted by Gasteiger charge is 2.24. The van der Waals surface area contributed by atoms with Crippen LogP contribution in [-0.2, 0) is 11.2 Å². The molecule has 1 aromatic carbocycles. The van der Waals surface area contributed by atoms with E-state index in [2.05, 4.69) is 18.1 Å². The Hall–Kier alpha value is -2.53. The number of hydrogen-bond donors (Lipinski definition) is 0. The molecule has 3 heterocycles. The van der Waals surface area contributed by atoms with E-state index in [4.69, 9.17) is 14.7 Å². The number of pyridine rings is 1. The first-order chi connectivity index (χ1) is 14.1. The summed E-state index contributed by atoms with van der Waals surface area (Å²) >= 11 is 0. The predicted octanol–water partition coefficient (Wildman–Crippen LogP) is 5.63. The highest BCUT2D eigenvalue weighted by Crippen LogP contribution is 2.31. The van der Waals surface area contributed by atoms with Crippen molar-refractivity contribution in [2.24, 2.45) is 0 Å². The number of nitrogens with zero attached hydrogens (tertiary/aromatic N) is 3. The van der Waals surface area contributed by atoms with Crippen molar-refractivity contribution in [2.75, 3.05) is 13.2 Å². The smallest absolute Gasteiger partial charge is 0.160 e. The van der Waals surface area contributed by atoms with Gasteiger partial charge in [0.1, 0.15) is 17.2 Å². The summed E-state index contributed by atoms with van der Waals surface area (Å²) in [6, 6.07) is 9.27. The minimum absolute atomic E-state index is 0.211. The van der Waals surface area contributed by atoms with Crippen LogP contribution in [0, 0.1) is 12.7 Å². The molecular formula is C24H28FN3O. The number of rotatable bonds is 6. The molecule has 152 valence electrons. The van der Waals surface area contributed by atoms with Crippen molar-refractivity contribution in [3.8, 4) is 0 Å². The third kappa shape index (κ3) is 4.10. The Balaban J connectivity index is 1.77. The molecule has 1 aliphatic heterocycles. The van der Waals surface area contributed by atoms with Crippen LogP contribution in [0.25, 0.3) is 16.7 Å². The standard InChI is InChI=1S/C24H28FN3O/c1-4-5-17(3)23-27-22-9-8-20(15-18-14-19(25)7-6-16(18)2)26-24(22)28(23)21-10-12-29-13-11-21/h6-9,14,21H,3-5,10-13,15H2,1-2H3. The second kappa shape index (κ2) is 8.46. The summed E-state index contributed by atoms with van der Waals surface area (Å²) in [5.74, 6) is 0.734. The van der Waals surface area contributed by atoms with Crippen LogP contribution in [0.4, 0.5) is 4.39 Å². The number of benzene rings is 1. The number of aromatic nitrogens is 3. The van der Waals surface area contributed by atoms with E-state index in [0.717, 1.165) is 78.3 Å². The van der Waals surface area contributed by atoms with Gasteiger partial charge in [-0.3, -0.25) is 0 Å². The van der Waals surface area contributed by atoms with Crippen LogP contribution in [0.3, 0.4) is 0 Å². The molecule has 0 bridgehead atoms. The van der Waals surface area contributed by atoms with Gasteiger partial charge in [-0.05, 0) is 67.2 Å². The first kappa shape index (κ1) is 19.8. The molecule has 0 saturated carbocycles. The monoisotopic (exact) mass is 393 g/mol. The van der Waals surface area contributed by atoms with E-state index in [9.17, 15) is 4.39 Å². The van der Waals surface area contributed by atoms with E-state index in [1.165, 1.54) is 6.07 Å². The Morgan fingerprint density at radius 2 is 2.00 bits per heavy atom. The van der Waals surface area contributed by atoms with E-state index < -0.39 is 0 Å². The van der Waals surface area contributed by atoms with Crippen molar-refractivity contribution < 1.29 is 9.13 Å². The highest BCUT2D eigenvalue weighted by molar-refractivity contribution is 5.76. The number of aryl methyl sites for hydroxylation is 1. The summed E-state index contributed by atoms with van der Waals surface area (Å²) in [5.41, 5.74) is 5.80. The topological polar surface area (TPSA) is 39.9 Å². The Kier molecular flexibility index (Phi) is 5.76. The third-order valence-corrected chi connectivity index (χ3v) is 5.70. The van der Waals surface area contributed by atoms with Crippen molar-refractivity contribution in [1.82, 2.24) is 14.5 Å². The SMILES string of the molecule is C=C(CCC)c1nc2ccc(Cc3cc(F)ccc3C)nc2n1C1CCOCC1. The molecule has 4 rings (SSSR count). The zero-order valence-electron chi connectivity index (χ0n) is 17.2. The normalized spacial score (nSPS) is 15.1. The fourth-order valence-corrected chi connectivity index (χ4v) is 4.09. The third-order valence-electron chi connectivity index (χ3n) is 5.70. The minimum Gasteiger partial charge on any atom is -0.381 e. The fraction of sp³-hybridized carbons (Fsp3) is 0.417. The molecule has 3 aromatic rings. The van der Waals surface area contributed by atoms with Crippen LogP contribution in [-0.4, -0.2) is 27.7 Å². The van der Waals surface area contributed by atoms with Gasteiger partial charge in [0.25, 0.3) is 0 Å². The predicted molar refractivity (Wildman–Crippen MR) is 115 cm³/mol. The van der Waals surface area contributed by atoms with Crippen molar-refractivity contribution >= 4 is 16.7 Å². The van der Waals surface area contributed by atoms with Crippen LogP contribution in [0.1, 0.15) is 61.3 Å². The zero-order chi connectivity index (χ0) is 20.4. The average Bonchev–Trinajstić information content (AvgIpc) is 3.10. The lowest BCUT2D eigenvalue weighted by molar-refractivity contribution is 0.0702. The number of allylic oxidation sites excluding steroid dienone is 1. The van der Waals surface area contributed by atoms with Crippen LogP contribution in [0.15, 0.2) is 36.9 Å². The van der Waals surface area contributed by atoms with Gasteiger partial charge in [-0.2, -0.15) is 0 Å². The first-order valence-electron chi connectivity index (χ1n) is 10.5. The van der Waals surface area contributed by atoms with E-state index in [0.29, 0.717) is 12.5 Å². The molecule has 1 aliphatic rings. The maximum Gasteiger partial charge on any atom is 0.160 e. The number of halogens is 1. The van der Waals surface area contributed by atoms with Gasteiger partial charge in [0.05, 0.1) is 0 Å². The molecular weight excluding hydrogens is 365 g/mol. The minimum atomic E-state index is -0.211. The van der Waals surface area contributed by atoms with Gasteiger partial charge in [-0.25, -0.2) is 14.4 Å². The van der Waals surface area contributed by atoms with Gasteiger partial charge in [0, 0.05) is 31.4 Å². The van der Waals surface area contributed by atoms with Crippen LogP contribution >= 0.6 is 0 Å².